The van der Waals surface area contributed by atoms with Gasteiger partial charge in [0.2, 0.25) is 0 Å². The summed E-state index contributed by atoms with van der Waals surface area (Å²) >= 11 is 6.45. The summed E-state index contributed by atoms with van der Waals surface area (Å²) in [5.41, 5.74) is 1.56. The van der Waals surface area contributed by atoms with Gasteiger partial charge in [0.15, 0.2) is 0 Å². The molecule has 6 heteroatoms. The smallest absolute Gasteiger partial charge is 0.305 e. The Morgan fingerprint density at radius 2 is 2.10 bits per heavy atom. The van der Waals surface area contributed by atoms with Crippen LogP contribution in [0.25, 0.3) is 15.9 Å². The van der Waals surface area contributed by atoms with E-state index in [1.807, 2.05) is 25.1 Å². The van der Waals surface area contributed by atoms with Gasteiger partial charge in [-0.1, -0.05) is 23.7 Å². The van der Waals surface area contributed by atoms with Gasteiger partial charge in [0.05, 0.1) is 22.5 Å². The lowest BCUT2D eigenvalue weighted by Gasteiger charge is -2.23. The highest BCUT2D eigenvalue weighted by Crippen LogP contribution is 2.33. The van der Waals surface area contributed by atoms with Crippen molar-refractivity contribution in [3.05, 3.63) is 50.2 Å². The number of H-pyrrole nitrogens is 1. The summed E-state index contributed by atoms with van der Waals surface area (Å²) in [6.07, 6.45) is 0. The molecule has 5 nitrogen and oxygen atoms in total. The van der Waals surface area contributed by atoms with Crippen molar-refractivity contribution in [1.29, 1.82) is 0 Å². The van der Waals surface area contributed by atoms with Crippen molar-refractivity contribution in [1.82, 2.24) is 14.5 Å². The molecule has 0 saturated heterocycles. The molecule has 2 heterocycles. The average Bonchev–Trinajstić information content (AvgIpc) is 2.39. The second-order valence-electron chi connectivity index (χ2n) is 5.20. The maximum Gasteiger partial charge on any atom is 0.329 e. The van der Waals surface area contributed by atoms with Crippen LogP contribution in [-0.2, 0) is 6.54 Å². The first-order valence-electron chi connectivity index (χ1n) is 6.27. The van der Waals surface area contributed by atoms with Gasteiger partial charge in [0, 0.05) is 12.1 Å². The molecule has 1 aliphatic rings. The minimum absolute atomic E-state index is 0.372. The van der Waals surface area contributed by atoms with Crippen LogP contribution in [0, 0.1) is 0 Å². The first kappa shape index (κ1) is 13.1. The molecule has 1 aromatic carbocycles. The van der Waals surface area contributed by atoms with Crippen molar-refractivity contribution in [2.75, 3.05) is 20.6 Å². The average molecular weight is 292 g/mol. The molecule has 0 radical (unpaired) electrons. The minimum atomic E-state index is -0.393. The molecule has 0 atom stereocenters. The van der Waals surface area contributed by atoms with Gasteiger partial charge in [-0.2, -0.15) is 0 Å². The molecular formula is C14H14ClN3O2. The van der Waals surface area contributed by atoms with E-state index in [2.05, 4.69) is 4.98 Å². The largest absolute Gasteiger partial charge is 0.329 e. The summed E-state index contributed by atoms with van der Waals surface area (Å²) in [5, 5.41) is 1.12. The van der Waals surface area contributed by atoms with Crippen LogP contribution in [-0.4, -0.2) is 35.1 Å². The fraction of sp³-hybridized carbons (Fsp3) is 0.286. The van der Waals surface area contributed by atoms with Crippen LogP contribution < -0.4 is 11.2 Å². The standard InChI is InChI=1S/C14H14ClN3O2/c1-17(2)6-8-7-18-12-9(11(8)15)4-3-5-10(12)13(19)16-14(18)20/h3-5H,6-7H2,1-2H3,(H,16,19,20). The highest BCUT2D eigenvalue weighted by Gasteiger charge is 2.21. The van der Waals surface area contributed by atoms with Gasteiger partial charge in [-0.3, -0.25) is 14.3 Å². The maximum absolute atomic E-state index is 12.0. The maximum atomic E-state index is 12.0. The van der Waals surface area contributed by atoms with Gasteiger partial charge < -0.3 is 4.90 Å². The van der Waals surface area contributed by atoms with Crippen molar-refractivity contribution >= 4 is 27.5 Å². The third kappa shape index (κ3) is 1.90. The molecule has 0 fully saturated rings. The third-order valence-corrected chi connectivity index (χ3v) is 3.89. The SMILES string of the molecule is CN(C)CC1=C(Cl)c2cccc3c(=O)[nH]c(=O)n(c23)C1. The summed E-state index contributed by atoms with van der Waals surface area (Å²) in [5.74, 6) is 0. The Kier molecular flexibility index (Phi) is 3.03. The zero-order valence-corrected chi connectivity index (χ0v) is 12.0. The number of rotatable bonds is 2. The molecule has 20 heavy (non-hydrogen) atoms. The molecule has 0 spiro atoms. The van der Waals surface area contributed by atoms with Gasteiger partial charge >= 0.3 is 5.69 Å². The fourth-order valence-corrected chi connectivity index (χ4v) is 2.90. The molecule has 0 bridgehead atoms. The first-order chi connectivity index (χ1) is 9.49. The van der Waals surface area contributed by atoms with Gasteiger partial charge in [0.25, 0.3) is 5.56 Å². The minimum Gasteiger partial charge on any atom is -0.305 e. The zero-order chi connectivity index (χ0) is 14.4. The van der Waals surface area contributed by atoms with E-state index in [4.69, 9.17) is 11.6 Å². The quantitative estimate of drug-likeness (QED) is 0.905. The van der Waals surface area contributed by atoms with Crippen molar-refractivity contribution in [3.8, 4) is 0 Å². The molecule has 0 amide bonds. The topological polar surface area (TPSA) is 58.1 Å². The molecular weight excluding hydrogens is 278 g/mol. The molecule has 0 unspecified atom stereocenters. The molecule has 104 valence electrons. The van der Waals surface area contributed by atoms with Crippen LogP contribution in [0.4, 0.5) is 0 Å². The highest BCUT2D eigenvalue weighted by molar-refractivity contribution is 6.50. The van der Waals surface area contributed by atoms with Crippen LogP contribution in [0.15, 0.2) is 33.4 Å². The lowest BCUT2D eigenvalue weighted by atomic mass is 10.0. The van der Waals surface area contributed by atoms with Crippen LogP contribution in [0.5, 0.6) is 0 Å². The van der Waals surface area contributed by atoms with E-state index in [-0.39, 0.29) is 5.56 Å². The van der Waals surface area contributed by atoms with E-state index in [1.54, 1.807) is 16.7 Å². The fourth-order valence-electron chi connectivity index (χ4n) is 2.63. The van der Waals surface area contributed by atoms with Crippen molar-refractivity contribution in [2.45, 2.75) is 6.54 Å². The number of hydrogen-bond donors (Lipinski definition) is 1. The molecule has 1 aromatic heterocycles. The van der Waals surface area contributed by atoms with Gasteiger partial charge in [0.1, 0.15) is 0 Å². The van der Waals surface area contributed by atoms with Crippen molar-refractivity contribution in [2.24, 2.45) is 0 Å². The van der Waals surface area contributed by atoms with E-state index >= 15 is 0 Å². The molecule has 1 N–H and O–H groups in total. The predicted molar refractivity (Wildman–Crippen MR) is 80.2 cm³/mol. The van der Waals surface area contributed by atoms with E-state index in [1.165, 1.54) is 0 Å². The van der Waals surface area contributed by atoms with Crippen LogP contribution in [0.2, 0.25) is 0 Å². The monoisotopic (exact) mass is 291 g/mol. The normalized spacial score (nSPS) is 14.4. The number of nitrogens with one attached hydrogen (secondary N) is 1. The highest BCUT2D eigenvalue weighted by atomic mass is 35.5. The summed E-state index contributed by atoms with van der Waals surface area (Å²) in [6, 6.07) is 5.33. The molecule has 0 aliphatic carbocycles. The molecule has 3 rings (SSSR count). The number of aromatic nitrogens is 2. The number of likely N-dealkylation sites (N-methyl/N-ethyl adjacent to an activating group) is 1. The lowest BCUT2D eigenvalue weighted by Crippen LogP contribution is -2.34. The summed E-state index contributed by atoms with van der Waals surface area (Å²) < 4.78 is 1.58. The second kappa shape index (κ2) is 4.61. The summed E-state index contributed by atoms with van der Waals surface area (Å²) in [6.45, 7) is 1.07. The van der Waals surface area contributed by atoms with E-state index in [0.29, 0.717) is 29.0 Å². The number of halogens is 1. The van der Waals surface area contributed by atoms with Crippen LogP contribution >= 0.6 is 11.6 Å². The number of aromatic amines is 1. The van der Waals surface area contributed by atoms with Crippen molar-refractivity contribution in [3.63, 3.8) is 0 Å². The molecule has 1 aliphatic heterocycles. The number of hydrogen-bond acceptors (Lipinski definition) is 3. The number of benzene rings is 1. The Hall–Kier alpha value is -1.85. The second-order valence-corrected chi connectivity index (χ2v) is 5.58. The Morgan fingerprint density at radius 3 is 2.80 bits per heavy atom. The third-order valence-electron chi connectivity index (χ3n) is 3.42. The van der Waals surface area contributed by atoms with E-state index in [9.17, 15) is 9.59 Å². The van der Waals surface area contributed by atoms with Crippen molar-refractivity contribution < 1.29 is 0 Å². The predicted octanol–water partition coefficient (Wildman–Crippen LogP) is 1.21. The van der Waals surface area contributed by atoms with Gasteiger partial charge in [-0.15, -0.1) is 0 Å². The lowest BCUT2D eigenvalue weighted by molar-refractivity contribution is 0.435. The Bertz CT molecular complexity index is 846. The number of nitrogens with zero attached hydrogens (tertiary/aromatic N) is 2. The summed E-state index contributed by atoms with van der Waals surface area (Å²) in [7, 11) is 3.89. The van der Waals surface area contributed by atoms with E-state index < -0.39 is 5.69 Å². The van der Waals surface area contributed by atoms with Crippen LogP contribution in [0.3, 0.4) is 0 Å². The Morgan fingerprint density at radius 1 is 1.35 bits per heavy atom. The van der Waals surface area contributed by atoms with Crippen LogP contribution in [0.1, 0.15) is 5.56 Å². The number of para-hydroxylation sites is 1. The molecule has 2 aromatic rings. The van der Waals surface area contributed by atoms with Gasteiger partial charge in [-0.05, 0) is 25.7 Å². The van der Waals surface area contributed by atoms with Gasteiger partial charge in [-0.25, -0.2) is 4.79 Å². The first-order valence-corrected chi connectivity index (χ1v) is 6.65. The Balaban J connectivity index is 2.38. The zero-order valence-electron chi connectivity index (χ0n) is 11.2. The molecule has 0 saturated carbocycles. The summed E-state index contributed by atoms with van der Waals surface area (Å²) in [4.78, 5) is 28.3. The van der Waals surface area contributed by atoms with E-state index in [0.717, 1.165) is 11.1 Å². The Labute approximate surface area is 120 Å².